The molecule has 15 heavy (non-hydrogen) atoms. The highest BCUT2D eigenvalue weighted by atomic mass is 15.2. The van der Waals surface area contributed by atoms with Crippen LogP contribution in [-0.2, 0) is 6.42 Å². The summed E-state index contributed by atoms with van der Waals surface area (Å²) < 4.78 is 0. The smallest absolute Gasteiger partial charge is 0.0253 e. The van der Waals surface area contributed by atoms with E-state index in [0.29, 0.717) is 6.04 Å². The Labute approximate surface area is 92.2 Å². The number of hydrogen-bond donors (Lipinski definition) is 2. The van der Waals surface area contributed by atoms with Gasteiger partial charge in [-0.3, -0.25) is 11.3 Å². The first-order valence-electron chi connectivity index (χ1n) is 5.39. The zero-order chi connectivity index (χ0) is 11.1. The molecule has 0 radical (unpaired) electrons. The average Bonchev–Trinajstić information content (AvgIpc) is 2.27. The van der Waals surface area contributed by atoms with Crippen molar-refractivity contribution in [1.82, 2.24) is 5.43 Å². The summed E-state index contributed by atoms with van der Waals surface area (Å²) in [5.41, 5.74) is 5.47. The van der Waals surface area contributed by atoms with Crippen LogP contribution in [0.5, 0.6) is 0 Å². The third-order valence-electron chi connectivity index (χ3n) is 2.56. The molecule has 82 valence electrons. The number of rotatable bonds is 6. The van der Waals surface area contributed by atoms with Gasteiger partial charge in [-0.25, -0.2) is 0 Å². The Hall–Kier alpha value is -1.12. The second-order valence-electron chi connectivity index (χ2n) is 3.92. The van der Waals surface area contributed by atoms with E-state index in [1.807, 2.05) is 6.08 Å². The molecule has 0 aliphatic heterocycles. The van der Waals surface area contributed by atoms with Gasteiger partial charge in [0.15, 0.2) is 0 Å². The van der Waals surface area contributed by atoms with Crippen LogP contribution in [0.4, 0.5) is 0 Å². The van der Waals surface area contributed by atoms with Crippen molar-refractivity contribution in [2.45, 2.75) is 32.2 Å². The Bertz CT molecular complexity index is 290. The van der Waals surface area contributed by atoms with E-state index in [1.54, 1.807) is 0 Å². The van der Waals surface area contributed by atoms with Gasteiger partial charge in [-0.2, -0.15) is 0 Å². The largest absolute Gasteiger partial charge is 0.271 e. The fourth-order valence-corrected chi connectivity index (χ4v) is 1.57. The average molecular weight is 204 g/mol. The zero-order valence-corrected chi connectivity index (χ0v) is 9.37. The van der Waals surface area contributed by atoms with Crippen LogP contribution in [0.3, 0.4) is 0 Å². The number of benzene rings is 1. The van der Waals surface area contributed by atoms with Crippen molar-refractivity contribution in [2.75, 3.05) is 0 Å². The minimum Gasteiger partial charge on any atom is -0.271 e. The van der Waals surface area contributed by atoms with Crippen LogP contribution in [0.2, 0.25) is 0 Å². The van der Waals surface area contributed by atoms with Crippen LogP contribution in [-0.4, -0.2) is 6.04 Å². The summed E-state index contributed by atoms with van der Waals surface area (Å²) in [6, 6.07) is 8.93. The Morgan fingerprint density at radius 1 is 1.40 bits per heavy atom. The Balaban J connectivity index is 2.50. The van der Waals surface area contributed by atoms with Gasteiger partial charge in [0, 0.05) is 6.04 Å². The standard InChI is InChI=1S/C13H20N2/c1-3-4-5-13(15-14)10-12-8-6-11(2)7-9-12/h3,6-9,13,15H,1,4-5,10,14H2,2H3. The normalized spacial score (nSPS) is 12.4. The topological polar surface area (TPSA) is 38.0 Å². The molecule has 0 aliphatic rings. The van der Waals surface area contributed by atoms with Crippen molar-refractivity contribution in [3.05, 3.63) is 48.0 Å². The van der Waals surface area contributed by atoms with Gasteiger partial charge < -0.3 is 0 Å². The van der Waals surface area contributed by atoms with Crippen LogP contribution in [0.1, 0.15) is 24.0 Å². The van der Waals surface area contributed by atoms with E-state index in [-0.39, 0.29) is 0 Å². The summed E-state index contributed by atoms with van der Waals surface area (Å²) in [4.78, 5) is 0. The highest BCUT2D eigenvalue weighted by Crippen LogP contribution is 2.08. The minimum atomic E-state index is 0.339. The maximum absolute atomic E-state index is 5.51. The third-order valence-corrected chi connectivity index (χ3v) is 2.56. The SMILES string of the molecule is C=CCCC(Cc1ccc(C)cc1)NN. The summed E-state index contributed by atoms with van der Waals surface area (Å²) in [6.07, 6.45) is 4.94. The molecule has 1 aromatic rings. The number of hydrazine groups is 1. The van der Waals surface area contributed by atoms with Gasteiger partial charge in [0.2, 0.25) is 0 Å². The van der Waals surface area contributed by atoms with Gasteiger partial charge in [0.05, 0.1) is 0 Å². The van der Waals surface area contributed by atoms with Crippen molar-refractivity contribution in [2.24, 2.45) is 5.84 Å². The monoisotopic (exact) mass is 204 g/mol. The fourth-order valence-electron chi connectivity index (χ4n) is 1.57. The highest BCUT2D eigenvalue weighted by Gasteiger charge is 2.05. The number of allylic oxidation sites excluding steroid dienone is 1. The first-order valence-corrected chi connectivity index (χ1v) is 5.39. The van der Waals surface area contributed by atoms with E-state index in [2.05, 4.69) is 43.2 Å². The molecule has 1 unspecified atom stereocenters. The Morgan fingerprint density at radius 2 is 2.07 bits per heavy atom. The quantitative estimate of drug-likeness (QED) is 0.424. The molecule has 0 fully saturated rings. The van der Waals surface area contributed by atoms with Crippen LogP contribution in [0, 0.1) is 6.92 Å². The van der Waals surface area contributed by atoms with Crippen LogP contribution in [0.25, 0.3) is 0 Å². The van der Waals surface area contributed by atoms with Gasteiger partial charge in [0.1, 0.15) is 0 Å². The maximum atomic E-state index is 5.51. The Kier molecular flexibility index (Phi) is 5.08. The van der Waals surface area contributed by atoms with Gasteiger partial charge in [-0.1, -0.05) is 35.9 Å². The lowest BCUT2D eigenvalue weighted by Gasteiger charge is -2.14. The molecule has 3 N–H and O–H groups in total. The molecule has 0 heterocycles. The summed E-state index contributed by atoms with van der Waals surface area (Å²) in [5, 5.41) is 0. The van der Waals surface area contributed by atoms with E-state index in [9.17, 15) is 0 Å². The van der Waals surface area contributed by atoms with E-state index in [0.717, 1.165) is 19.3 Å². The van der Waals surface area contributed by atoms with E-state index in [4.69, 9.17) is 5.84 Å². The molecule has 0 amide bonds. The van der Waals surface area contributed by atoms with E-state index < -0.39 is 0 Å². The van der Waals surface area contributed by atoms with E-state index >= 15 is 0 Å². The summed E-state index contributed by atoms with van der Waals surface area (Å²) in [6.45, 7) is 5.81. The molecule has 0 aliphatic carbocycles. The van der Waals surface area contributed by atoms with E-state index in [1.165, 1.54) is 11.1 Å². The van der Waals surface area contributed by atoms with Crippen LogP contribution in [0.15, 0.2) is 36.9 Å². The molecular weight excluding hydrogens is 184 g/mol. The predicted octanol–water partition coefficient (Wildman–Crippen LogP) is 2.34. The van der Waals surface area contributed by atoms with Gasteiger partial charge in [0.25, 0.3) is 0 Å². The number of aryl methyl sites for hydroxylation is 1. The predicted molar refractivity (Wildman–Crippen MR) is 65.4 cm³/mol. The lowest BCUT2D eigenvalue weighted by Crippen LogP contribution is -2.36. The lowest BCUT2D eigenvalue weighted by atomic mass is 10.0. The molecule has 0 aromatic heterocycles. The number of hydrogen-bond acceptors (Lipinski definition) is 2. The van der Waals surface area contributed by atoms with Gasteiger partial charge in [-0.05, 0) is 31.7 Å². The first-order chi connectivity index (χ1) is 7.26. The molecule has 0 bridgehead atoms. The van der Waals surface area contributed by atoms with Gasteiger partial charge in [-0.15, -0.1) is 6.58 Å². The van der Waals surface area contributed by atoms with Gasteiger partial charge >= 0.3 is 0 Å². The van der Waals surface area contributed by atoms with Crippen LogP contribution < -0.4 is 11.3 Å². The van der Waals surface area contributed by atoms with Crippen molar-refractivity contribution in [3.8, 4) is 0 Å². The second-order valence-corrected chi connectivity index (χ2v) is 3.92. The summed E-state index contributed by atoms with van der Waals surface area (Å²) in [7, 11) is 0. The highest BCUT2D eigenvalue weighted by molar-refractivity contribution is 5.22. The second kappa shape index (κ2) is 6.38. The molecule has 1 rings (SSSR count). The molecule has 0 saturated carbocycles. The maximum Gasteiger partial charge on any atom is 0.0253 e. The number of nitrogens with two attached hydrogens (primary N) is 1. The summed E-state index contributed by atoms with van der Waals surface area (Å²) in [5.74, 6) is 5.51. The summed E-state index contributed by atoms with van der Waals surface area (Å²) >= 11 is 0. The Morgan fingerprint density at radius 3 is 2.60 bits per heavy atom. The molecule has 2 heteroatoms. The first kappa shape index (κ1) is 12.0. The van der Waals surface area contributed by atoms with Crippen LogP contribution >= 0.6 is 0 Å². The lowest BCUT2D eigenvalue weighted by molar-refractivity contribution is 0.495. The molecule has 1 atom stereocenters. The molecular formula is C13H20N2. The number of nitrogens with one attached hydrogen (secondary N) is 1. The van der Waals surface area contributed by atoms with Crippen molar-refractivity contribution >= 4 is 0 Å². The fraction of sp³-hybridized carbons (Fsp3) is 0.385. The van der Waals surface area contributed by atoms with Crippen molar-refractivity contribution in [3.63, 3.8) is 0 Å². The third kappa shape index (κ3) is 4.28. The zero-order valence-electron chi connectivity index (χ0n) is 9.37. The van der Waals surface area contributed by atoms with Crippen molar-refractivity contribution in [1.29, 1.82) is 0 Å². The molecule has 0 saturated heterocycles. The molecule has 0 spiro atoms. The molecule has 2 nitrogen and oxygen atoms in total. The van der Waals surface area contributed by atoms with Crippen molar-refractivity contribution < 1.29 is 0 Å². The minimum absolute atomic E-state index is 0.339. The molecule has 1 aromatic carbocycles.